The van der Waals surface area contributed by atoms with E-state index in [1.54, 1.807) is 10.1 Å². The molecule has 28 heavy (non-hydrogen) atoms. The van der Waals surface area contributed by atoms with E-state index in [4.69, 9.17) is 0 Å². The number of rotatable bonds is 5. The van der Waals surface area contributed by atoms with Gasteiger partial charge in [-0.15, -0.1) is 11.3 Å². The first-order chi connectivity index (χ1) is 13.6. The third-order valence-electron chi connectivity index (χ3n) is 8.23. The summed E-state index contributed by atoms with van der Waals surface area (Å²) in [5.74, 6) is 0.974. The molecule has 1 aromatic carbocycles. The van der Waals surface area contributed by atoms with Gasteiger partial charge in [-0.2, -0.15) is 0 Å². The fourth-order valence-electron chi connectivity index (χ4n) is 6.50. The predicted molar refractivity (Wildman–Crippen MR) is 132 cm³/mol. The molecule has 5 rings (SSSR count). The number of hydrogen-bond acceptors (Lipinski definition) is 1. The van der Waals surface area contributed by atoms with Crippen LogP contribution in [0.3, 0.4) is 0 Å². The SMILES string of the molecule is CC[C@@H]1CC[C@@H](CC)P1c1sc2ccccc2c1P1[C@H](CC)CCC12CC2C. The normalized spacial score (nSPS) is 38.1. The summed E-state index contributed by atoms with van der Waals surface area (Å²) < 4.78 is 3.52. The molecule has 3 unspecified atom stereocenters. The van der Waals surface area contributed by atoms with E-state index in [1.807, 2.05) is 9.92 Å². The van der Waals surface area contributed by atoms with Crippen LogP contribution in [0.4, 0.5) is 0 Å². The molecule has 3 fully saturated rings. The number of benzene rings is 1. The van der Waals surface area contributed by atoms with Gasteiger partial charge in [0.15, 0.2) is 0 Å². The Labute approximate surface area is 178 Å². The lowest BCUT2D eigenvalue weighted by Crippen LogP contribution is -2.28. The van der Waals surface area contributed by atoms with Gasteiger partial charge in [0.05, 0.1) is 0 Å². The molecule has 3 heterocycles. The Morgan fingerprint density at radius 1 is 0.964 bits per heavy atom. The van der Waals surface area contributed by atoms with Gasteiger partial charge >= 0.3 is 0 Å². The summed E-state index contributed by atoms with van der Waals surface area (Å²) >= 11 is 2.23. The molecule has 0 radical (unpaired) electrons. The summed E-state index contributed by atoms with van der Waals surface area (Å²) in [6.45, 7) is 9.97. The molecule has 3 heteroatoms. The molecule has 2 aromatic rings. The highest BCUT2D eigenvalue weighted by atomic mass is 32.1. The van der Waals surface area contributed by atoms with Crippen LogP contribution in [0.25, 0.3) is 10.1 Å². The fraction of sp³-hybridized carbons (Fsp3) is 0.680. The minimum atomic E-state index is 0.00358. The van der Waals surface area contributed by atoms with E-state index in [9.17, 15) is 0 Å². The molecule has 1 saturated carbocycles. The topological polar surface area (TPSA) is 0 Å². The van der Waals surface area contributed by atoms with Crippen molar-refractivity contribution in [2.75, 3.05) is 0 Å². The van der Waals surface area contributed by atoms with E-state index in [2.05, 4.69) is 63.3 Å². The van der Waals surface area contributed by atoms with Crippen molar-refractivity contribution in [1.82, 2.24) is 0 Å². The first-order valence-electron chi connectivity index (χ1n) is 11.7. The van der Waals surface area contributed by atoms with Gasteiger partial charge in [0, 0.05) is 20.0 Å². The van der Waals surface area contributed by atoms with Crippen LogP contribution >= 0.6 is 27.2 Å². The molecule has 2 aliphatic heterocycles. The molecule has 1 aliphatic carbocycles. The van der Waals surface area contributed by atoms with E-state index in [0.717, 1.165) is 22.9 Å². The zero-order valence-electron chi connectivity index (χ0n) is 18.1. The maximum Gasteiger partial charge on any atom is 0.0373 e. The summed E-state index contributed by atoms with van der Waals surface area (Å²) in [6.07, 6.45) is 11.7. The van der Waals surface area contributed by atoms with Gasteiger partial charge in [0.1, 0.15) is 0 Å². The van der Waals surface area contributed by atoms with E-state index in [1.165, 1.54) is 51.4 Å². The van der Waals surface area contributed by atoms with Crippen LogP contribution in [-0.4, -0.2) is 22.1 Å². The lowest BCUT2D eigenvalue weighted by molar-refractivity contribution is 0.684. The molecular weight excluding hydrogens is 394 g/mol. The van der Waals surface area contributed by atoms with Gasteiger partial charge in [-0.1, -0.05) is 61.7 Å². The monoisotopic (exact) mass is 430 g/mol. The molecule has 0 bridgehead atoms. The minimum Gasteiger partial charge on any atom is -0.135 e. The van der Waals surface area contributed by atoms with Crippen molar-refractivity contribution >= 4 is 47.2 Å². The highest BCUT2D eigenvalue weighted by molar-refractivity contribution is 7.79. The van der Waals surface area contributed by atoms with Gasteiger partial charge < -0.3 is 0 Å². The van der Waals surface area contributed by atoms with Crippen LogP contribution in [-0.2, 0) is 0 Å². The Balaban J connectivity index is 1.71. The summed E-state index contributed by atoms with van der Waals surface area (Å²) in [5.41, 5.74) is 2.95. The van der Waals surface area contributed by atoms with E-state index in [-0.39, 0.29) is 15.8 Å². The molecule has 3 aliphatic rings. The number of fused-ring (bicyclic) bond motifs is 1. The van der Waals surface area contributed by atoms with Crippen LogP contribution in [0.5, 0.6) is 0 Å². The van der Waals surface area contributed by atoms with Gasteiger partial charge in [0.25, 0.3) is 0 Å². The van der Waals surface area contributed by atoms with Crippen LogP contribution in [0.1, 0.15) is 79.1 Å². The minimum absolute atomic E-state index is 0.00358. The molecule has 0 N–H and O–H groups in total. The second-order valence-corrected chi connectivity index (χ2v) is 16.4. The Morgan fingerprint density at radius 2 is 1.61 bits per heavy atom. The lowest BCUT2D eigenvalue weighted by atomic mass is 10.1. The molecule has 152 valence electrons. The molecule has 1 spiro atoms. The summed E-state index contributed by atoms with van der Waals surface area (Å²) in [5, 5.41) is 4.33. The Kier molecular flexibility index (Phi) is 5.44. The summed E-state index contributed by atoms with van der Waals surface area (Å²) in [6, 6.07) is 9.51. The Hall–Kier alpha value is 0.0400. The maximum absolute atomic E-state index is 2.56. The third-order valence-corrected chi connectivity index (χ3v) is 18.1. The quantitative estimate of drug-likeness (QED) is 0.424. The number of thiophene rings is 1. The van der Waals surface area contributed by atoms with E-state index in [0.29, 0.717) is 5.16 Å². The average molecular weight is 431 g/mol. The van der Waals surface area contributed by atoms with Crippen LogP contribution in [0.2, 0.25) is 0 Å². The van der Waals surface area contributed by atoms with Crippen LogP contribution < -0.4 is 9.92 Å². The highest BCUT2D eigenvalue weighted by Crippen LogP contribution is 2.77. The van der Waals surface area contributed by atoms with E-state index < -0.39 is 0 Å². The van der Waals surface area contributed by atoms with Gasteiger partial charge in [-0.3, -0.25) is 0 Å². The van der Waals surface area contributed by atoms with Crippen molar-refractivity contribution < 1.29 is 0 Å². The number of hydrogen-bond donors (Lipinski definition) is 0. The highest BCUT2D eigenvalue weighted by Gasteiger charge is 2.62. The van der Waals surface area contributed by atoms with Crippen molar-refractivity contribution in [2.45, 2.75) is 101 Å². The van der Waals surface area contributed by atoms with Crippen molar-refractivity contribution in [3.05, 3.63) is 24.3 Å². The lowest BCUT2D eigenvalue weighted by Gasteiger charge is -2.31. The second kappa shape index (κ2) is 7.62. The largest absolute Gasteiger partial charge is 0.135 e. The van der Waals surface area contributed by atoms with Crippen molar-refractivity contribution in [3.63, 3.8) is 0 Å². The second-order valence-electron chi connectivity index (χ2n) is 9.54. The van der Waals surface area contributed by atoms with E-state index >= 15 is 0 Å². The van der Waals surface area contributed by atoms with Crippen molar-refractivity contribution in [1.29, 1.82) is 0 Å². The van der Waals surface area contributed by atoms with Gasteiger partial charge in [0.2, 0.25) is 0 Å². The zero-order valence-corrected chi connectivity index (χ0v) is 20.7. The van der Waals surface area contributed by atoms with Crippen molar-refractivity contribution in [2.24, 2.45) is 5.92 Å². The maximum atomic E-state index is 2.56. The molecule has 0 nitrogen and oxygen atoms in total. The Morgan fingerprint density at radius 3 is 2.21 bits per heavy atom. The molecule has 6 atom stereocenters. The molecular formula is C25H36P2S. The third kappa shape index (κ3) is 2.90. The average Bonchev–Trinajstić information content (AvgIpc) is 3.08. The van der Waals surface area contributed by atoms with Crippen molar-refractivity contribution in [3.8, 4) is 0 Å². The summed E-state index contributed by atoms with van der Waals surface area (Å²) in [7, 11) is 0.0353. The van der Waals surface area contributed by atoms with Gasteiger partial charge in [-0.05, 0) is 85.5 Å². The molecule has 0 amide bonds. The van der Waals surface area contributed by atoms with Crippen LogP contribution in [0, 0.1) is 5.92 Å². The van der Waals surface area contributed by atoms with Gasteiger partial charge in [-0.25, -0.2) is 0 Å². The zero-order chi connectivity index (χ0) is 19.5. The predicted octanol–water partition coefficient (Wildman–Crippen LogP) is 7.82. The first-order valence-corrected chi connectivity index (χ1v) is 15.4. The Bertz CT molecular complexity index is 845. The summed E-state index contributed by atoms with van der Waals surface area (Å²) in [4.78, 5) is 0. The molecule has 2 saturated heterocycles. The standard InChI is InChI=1S/C25H36P2S/c1-5-18-12-13-19(6-2)26(18)24-23(21-10-8-9-11-22(21)28-24)27-20(7-3)14-15-25(27)16-17(25)4/h8-11,17-20H,5-7,12-16H2,1-4H3/t17?,18-,19-,20-,25?,27?/m1/s1. The molecule has 1 aromatic heterocycles. The first kappa shape index (κ1) is 20.0. The fourth-order valence-corrected chi connectivity index (χ4v) is 17.7. The van der Waals surface area contributed by atoms with Crippen LogP contribution in [0.15, 0.2) is 24.3 Å². The smallest absolute Gasteiger partial charge is 0.0373 e.